The van der Waals surface area contributed by atoms with Gasteiger partial charge in [0.05, 0.1) is 5.56 Å². The molecule has 1 aromatic heterocycles. The summed E-state index contributed by atoms with van der Waals surface area (Å²) in [6.45, 7) is 1.80. The number of aliphatic carboxylic acids is 1. The number of hydrogen-bond acceptors (Lipinski definition) is 4. The Balaban J connectivity index is 1.94. The highest BCUT2D eigenvalue weighted by Gasteiger charge is 2.20. The van der Waals surface area contributed by atoms with Crippen LogP contribution in [-0.4, -0.2) is 34.1 Å². The highest BCUT2D eigenvalue weighted by molar-refractivity contribution is 5.96. The lowest BCUT2D eigenvalue weighted by atomic mass is 10.1. The number of amides is 1. The van der Waals surface area contributed by atoms with E-state index in [-0.39, 0.29) is 12.5 Å². The number of carboxylic acid groups (broad SMARTS) is 1. The molecule has 0 radical (unpaired) electrons. The van der Waals surface area contributed by atoms with Crippen LogP contribution in [0.1, 0.15) is 49.4 Å². The van der Waals surface area contributed by atoms with E-state index in [1.54, 1.807) is 31.2 Å². The van der Waals surface area contributed by atoms with E-state index in [0.29, 0.717) is 11.4 Å². The lowest BCUT2D eigenvalue weighted by molar-refractivity contribution is -0.139. The number of nitrogens with zero attached hydrogens (tertiary/aromatic N) is 1. The van der Waals surface area contributed by atoms with Gasteiger partial charge in [0.1, 0.15) is 12.1 Å². The number of carboxylic acids is 1. The Morgan fingerprint density at radius 3 is 2.74 bits per heavy atom. The zero-order chi connectivity index (χ0) is 16.7. The molecule has 1 heterocycles. The standard InChI is InChI=1S/C17H22N2O4/c1-2-3-8-14(17(21)22)19-16(20)12-9-10-15(18-11-12)23-13-6-4-5-7-13/h2-3,9-11,13-14H,4-8H2,1H3,(H,19,20)(H,21,22)/b3-2+. The largest absolute Gasteiger partial charge is 0.480 e. The highest BCUT2D eigenvalue weighted by Crippen LogP contribution is 2.22. The van der Waals surface area contributed by atoms with Gasteiger partial charge in [0.15, 0.2) is 0 Å². The van der Waals surface area contributed by atoms with Crippen LogP contribution in [-0.2, 0) is 4.79 Å². The van der Waals surface area contributed by atoms with Gasteiger partial charge in [-0.1, -0.05) is 12.2 Å². The predicted octanol–water partition coefficient (Wildman–Crippen LogP) is 2.55. The van der Waals surface area contributed by atoms with Gasteiger partial charge in [-0.25, -0.2) is 9.78 Å². The van der Waals surface area contributed by atoms with Crippen LogP contribution in [0.2, 0.25) is 0 Å². The average molecular weight is 318 g/mol. The van der Waals surface area contributed by atoms with Gasteiger partial charge in [0.25, 0.3) is 5.91 Å². The first-order chi connectivity index (χ1) is 11.1. The molecule has 1 saturated carbocycles. The Kier molecular flexibility index (Phi) is 6.14. The summed E-state index contributed by atoms with van der Waals surface area (Å²) >= 11 is 0. The summed E-state index contributed by atoms with van der Waals surface area (Å²) in [6.07, 6.45) is 9.74. The number of aromatic nitrogens is 1. The van der Waals surface area contributed by atoms with Gasteiger partial charge in [-0.15, -0.1) is 0 Å². The molecule has 23 heavy (non-hydrogen) atoms. The summed E-state index contributed by atoms with van der Waals surface area (Å²) in [4.78, 5) is 27.4. The summed E-state index contributed by atoms with van der Waals surface area (Å²) in [5.41, 5.74) is 0.315. The van der Waals surface area contributed by atoms with Crippen molar-refractivity contribution in [3.05, 3.63) is 36.0 Å². The molecule has 6 heteroatoms. The summed E-state index contributed by atoms with van der Waals surface area (Å²) in [6, 6.07) is 2.30. The summed E-state index contributed by atoms with van der Waals surface area (Å²) in [5, 5.41) is 11.6. The van der Waals surface area contributed by atoms with Crippen LogP contribution in [0.15, 0.2) is 30.5 Å². The Morgan fingerprint density at radius 2 is 2.17 bits per heavy atom. The lowest BCUT2D eigenvalue weighted by Crippen LogP contribution is -2.40. The van der Waals surface area contributed by atoms with E-state index in [0.717, 1.165) is 12.8 Å². The second-order valence-electron chi connectivity index (χ2n) is 5.58. The number of hydrogen-bond donors (Lipinski definition) is 2. The number of rotatable bonds is 7. The first-order valence-corrected chi connectivity index (χ1v) is 7.87. The van der Waals surface area contributed by atoms with E-state index in [1.165, 1.54) is 19.0 Å². The van der Waals surface area contributed by atoms with Gasteiger partial charge in [-0.05, 0) is 45.1 Å². The van der Waals surface area contributed by atoms with Gasteiger partial charge in [0, 0.05) is 12.3 Å². The normalized spacial score (nSPS) is 16.4. The minimum absolute atomic E-state index is 0.208. The number of allylic oxidation sites excluding steroid dienone is 1. The van der Waals surface area contributed by atoms with Crippen molar-refractivity contribution in [1.29, 1.82) is 0 Å². The van der Waals surface area contributed by atoms with Crippen molar-refractivity contribution >= 4 is 11.9 Å². The second-order valence-corrected chi connectivity index (χ2v) is 5.58. The van der Waals surface area contributed by atoms with Crippen molar-refractivity contribution in [3.8, 4) is 5.88 Å². The fourth-order valence-corrected chi connectivity index (χ4v) is 2.50. The zero-order valence-corrected chi connectivity index (χ0v) is 13.2. The molecule has 2 rings (SSSR count). The van der Waals surface area contributed by atoms with Gasteiger partial charge < -0.3 is 15.2 Å². The molecule has 0 bridgehead atoms. The van der Waals surface area contributed by atoms with E-state index < -0.39 is 17.9 Å². The van der Waals surface area contributed by atoms with Gasteiger partial charge in [0.2, 0.25) is 5.88 Å². The lowest BCUT2D eigenvalue weighted by Gasteiger charge is -2.14. The molecule has 1 unspecified atom stereocenters. The molecule has 0 saturated heterocycles. The van der Waals surface area contributed by atoms with Crippen molar-refractivity contribution < 1.29 is 19.4 Å². The first-order valence-electron chi connectivity index (χ1n) is 7.87. The number of ether oxygens (including phenoxy) is 1. The van der Waals surface area contributed by atoms with Crippen molar-refractivity contribution in [2.45, 2.75) is 51.2 Å². The Hall–Kier alpha value is -2.37. The number of pyridine rings is 1. The monoisotopic (exact) mass is 318 g/mol. The number of carbonyl (C=O) groups excluding carboxylic acids is 1. The summed E-state index contributed by atoms with van der Waals surface area (Å²) < 4.78 is 5.74. The van der Waals surface area contributed by atoms with Crippen LogP contribution in [0, 0.1) is 0 Å². The minimum atomic E-state index is -1.06. The van der Waals surface area contributed by atoms with E-state index in [9.17, 15) is 9.59 Å². The zero-order valence-electron chi connectivity index (χ0n) is 13.2. The SMILES string of the molecule is C/C=C/CC(NC(=O)c1ccc(OC2CCCC2)nc1)C(=O)O. The second kappa shape index (κ2) is 8.31. The smallest absolute Gasteiger partial charge is 0.326 e. The molecule has 124 valence electrons. The molecule has 2 N–H and O–H groups in total. The van der Waals surface area contributed by atoms with Crippen LogP contribution < -0.4 is 10.1 Å². The number of carbonyl (C=O) groups is 2. The van der Waals surface area contributed by atoms with Crippen molar-refractivity contribution in [3.63, 3.8) is 0 Å². The molecular formula is C17H22N2O4. The van der Waals surface area contributed by atoms with Crippen LogP contribution in [0.5, 0.6) is 5.88 Å². The predicted molar refractivity (Wildman–Crippen MR) is 85.4 cm³/mol. The third kappa shape index (κ3) is 5.09. The van der Waals surface area contributed by atoms with Crippen molar-refractivity contribution in [2.75, 3.05) is 0 Å². The molecule has 1 atom stereocenters. The summed E-state index contributed by atoms with van der Waals surface area (Å²) in [7, 11) is 0. The van der Waals surface area contributed by atoms with Crippen LogP contribution in [0.3, 0.4) is 0 Å². The van der Waals surface area contributed by atoms with Gasteiger partial charge >= 0.3 is 5.97 Å². The van der Waals surface area contributed by atoms with E-state index >= 15 is 0 Å². The molecule has 6 nitrogen and oxygen atoms in total. The van der Waals surface area contributed by atoms with Gasteiger partial charge in [-0.2, -0.15) is 0 Å². The summed E-state index contributed by atoms with van der Waals surface area (Å²) in [5.74, 6) is -1.02. The maximum Gasteiger partial charge on any atom is 0.326 e. The molecule has 0 spiro atoms. The van der Waals surface area contributed by atoms with Crippen LogP contribution in [0.4, 0.5) is 0 Å². The Morgan fingerprint density at radius 1 is 1.43 bits per heavy atom. The molecular weight excluding hydrogens is 296 g/mol. The van der Waals surface area contributed by atoms with Crippen LogP contribution in [0.25, 0.3) is 0 Å². The van der Waals surface area contributed by atoms with E-state index in [1.807, 2.05) is 0 Å². The third-order valence-corrected chi connectivity index (χ3v) is 3.80. The average Bonchev–Trinajstić information content (AvgIpc) is 3.04. The fraction of sp³-hybridized carbons (Fsp3) is 0.471. The molecule has 1 aliphatic carbocycles. The van der Waals surface area contributed by atoms with E-state index in [4.69, 9.17) is 9.84 Å². The van der Waals surface area contributed by atoms with Crippen molar-refractivity contribution in [1.82, 2.24) is 10.3 Å². The Bertz CT molecular complexity index is 562. The minimum Gasteiger partial charge on any atom is -0.480 e. The first kappa shape index (κ1) is 17.0. The quantitative estimate of drug-likeness (QED) is 0.754. The Labute approximate surface area is 135 Å². The molecule has 1 aliphatic rings. The molecule has 1 fully saturated rings. The third-order valence-electron chi connectivity index (χ3n) is 3.80. The van der Waals surface area contributed by atoms with Crippen molar-refractivity contribution in [2.24, 2.45) is 0 Å². The molecule has 0 aliphatic heterocycles. The molecule has 0 aromatic carbocycles. The maximum atomic E-state index is 12.1. The van der Waals surface area contributed by atoms with Crippen LogP contribution >= 0.6 is 0 Å². The highest BCUT2D eigenvalue weighted by atomic mass is 16.5. The van der Waals surface area contributed by atoms with Gasteiger partial charge in [-0.3, -0.25) is 4.79 Å². The maximum absolute atomic E-state index is 12.1. The number of nitrogens with one attached hydrogen (secondary N) is 1. The molecule has 1 amide bonds. The van der Waals surface area contributed by atoms with E-state index in [2.05, 4.69) is 10.3 Å². The molecule has 1 aromatic rings. The fourth-order valence-electron chi connectivity index (χ4n) is 2.50. The topological polar surface area (TPSA) is 88.5 Å².